The Morgan fingerprint density at radius 3 is 1.92 bits per heavy atom. The predicted molar refractivity (Wildman–Crippen MR) is 152 cm³/mol. The Kier molecular flexibility index (Phi) is 10.1. The number of nitrogens with zero attached hydrogens (tertiary/aromatic N) is 1. The Balaban J connectivity index is 1.86. The second-order valence-electron chi connectivity index (χ2n) is 11.0. The van der Waals surface area contributed by atoms with Crippen LogP contribution in [0.25, 0.3) is 0 Å². The van der Waals surface area contributed by atoms with Gasteiger partial charge in [-0.1, -0.05) is 113 Å². The summed E-state index contributed by atoms with van der Waals surface area (Å²) in [5.74, 6) is -0.110. The van der Waals surface area contributed by atoms with Crippen molar-refractivity contribution < 1.29 is 9.59 Å². The van der Waals surface area contributed by atoms with Crippen LogP contribution in [0.1, 0.15) is 69.7 Å². The maximum atomic E-state index is 13.8. The van der Waals surface area contributed by atoms with Gasteiger partial charge in [-0.25, -0.2) is 0 Å². The summed E-state index contributed by atoms with van der Waals surface area (Å²) in [5.41, 5.74) is 4.55. The van der Waals surface area contributed by atoms with Gasteiger partial charge in [0, 0.05) is 25.4 Å². The van der Waals surface area contributed by atoms with Gasteiger partial charge in [0.15, 0.2) is 0 Å². The predicted octanol–water partition coefficient (Wildman–Crippen LogP) is 6.47. The van der Waals surface area contributed by atoms with Crippen molar-refractivity contribution in [3.63, 3.8) is 0 Å². The summed E-state index contributed by atoms with van der Waals surface area (Å²) in [6.45, 7) is 11.0. The summed E-state index contributed by atoms with van der Waals surface area (Å²) in [7, 11) is 0. The highest BCUT2D eigenvalue weighted by atomic mass is 16.2. The fraction of sp³-hybridized carbons (Fsp3) is 0.394. The molecule has 196 valence electrons. The number of hydrogen-bond acceptors (Lipinski definition) is 2. The van der Waals surface area contributed by atoms with Gasteiger partial charge < -0.3 is 10.2 Å². The Morgan fingerprint density at radius 2 is 1.38 bits per heavy atom. The van der Waals surface area contributed by atoms with E-state index in [9.17, 15) is 9.59 Å². The van der Waals surface area contributed by atoms with Crippen LogP contribution in [-0.4, -0.2) is 28.8 Å². The summed E-state index contributed by atoms with van der Waals surface area (Å²) in [6, 6.07) is 27.9. The van der Waals surface area contributed by atoms with Crippen LogP contribution in [0, 0.1) is 0 Å². The van der Waals surface area contributed by atoms with E-state index >= 15 is 0 Å². The molecule has 3 aromatic carbocycles. The average molecular weight is 499 g/mol. The Labute approximate surface area is 223 Å². The molecule has 0 aliphatic carbocycles. The molecule has 0 aliphatic rings. The third-order valence-corrected chi connectivity index (χ3v) is 6.92. The number of amides is 2. The van der Waals surface area contributed by atoms with Gasteiger partial charge in [-0.3, -0.25) is 9.59 Å². The summed E-state index contributed by atoms with van der Waals surface area (Å²) < 4.78 is 0. The molecule has 3 aromatic rings. The topological polar surface area (TPSA) is 49.4 Å². The summed E-state index contributed by atoms with van der Waals surface area (Å²) in [4.78, 5) is 29.1. The molecule has 2 atom stereocenters. The monoisotopic (exact) mass is 498 g/mol. The molecule has 2 amide bonds. The molecule has 0 bridgehead atoms. The molecular formula is C33H42N2O2. The van der Waals surface area contributed by atoms with Crippen LogP contribution in [0.3, 0.4) is 0 Å². The molecule has 0 aliphatic heterocycles. The first-order chi connectivity index (χ1) is 17.7. The quantitative estimate of drug-likeness (QED) is 0.329. The average Bonchev–Trinajstić information content (AvgIpc) is 2.90. The van der Waals surface area contributed by atoms with Gasteiger partial charge in [0.05, 0.1) is 0 Å². The molecule has 4 heteroatoms. The zero-order valence-electron chi connectivity index (χ0n) is 23.0. The van der Waals surface area contributed by atoms with Crippen molar-refractivity contribution in [1.29, 1.82) is 0 Å². The lowest BCUT2D eigenvalue weighted by Gasteiger charge is -2.32. The molecule has 0 fully saturated rings. The van der Waals surface area contributed by atoms with Crippen LogP contribution in [-0.2, 0) is 34.4 Å². The third kappa shape index (κ3) is 8.59. The number of hydrogen-bond donors (Lipinski definition) is 1. The number of carbonyl (C=O) groups is 2. The van der Waals surface area contributed by atoms with Crippen molar-refractivity contribution >= 4 is 11.8 Å². The molecule has 1 N–H and O–H groups in total. The second-order valence-corrected chi connectivity index (χ2v) is 11.0. The molecule has 0 saturated heterocycles. The number of carbonyl (C=O) groups excluding carboxylic acids is 2. The molecule has 3 rings (SSSR count). The number of nitrogens with one attached hydrogen (secondary N) is 1. The fourth-order valence-corrected chi connectivity index (χ4v) is 4.34. The van der Waals surface area contributed by atoms with E-state index in [0.717, 1.165) is 23.1 Å². The smallest absolute Gasteiger partial charge is 0.243 e. The van der Waals surface area contributed by atoms with Gasteiger partial charge >= 0.3 is 0 Å². The third-order valence-electron chi connectivity index (χ3n) is 6.92. The van der Waals surface area contributed by atoms with Crippen molar-refractivity contribution in [3.8, 4) is 0 Å². The van der Waals surface area contributed by atoms with E-state index in [-0.39, 0.29) is 23.3 Å². The zero-order chi connectivity index (χ0) is 26.8. The largest absolute Gasteiger partial charge is 0.352 e. The number of rotatable bonds is 11. The molecular weight excluding hydrogens is 456 g/mol. The van der Waals surface area contributed by atoms with Gasteiger partial charge in [0.1, 0.15) is 6.04 Å². The lowest BCUT2D eigenvalue weighted by Crippen LogP contribution is -2.52. The van der Waals surface area contributed by atoms with Crippen molar-refractivity contribution in [2.45, 2.75) is 84.3 Å². The van der Waals surface area contributed by atoms with E-state index in [4.69, 9.17) is 0 Å². The van der Waals surface area contributed by atoms with E-state index in [1.165, 1.54) is 5.56 Å². The van der Waals surface area contributed by atoms with Gasteiger partial charge in [0.2, 0.25) is 11.8 Å². The highest BCUT2D eigenvalue weighted by Crippen LogP contribution is 2.23. The second kappa shape index (κ2) is 13.2. The Hall–Kier alpha value is -3.40. The molecule has 0 unspecified atom stereocenters. The minimum Gasteiger partial charge on any atom is -0.352 e. The molecule has 0 heterocycles. The van der Waals surface area contributed by atoms with Crippen LogP contribution in [0.4, 0.5) is 0 Å². The molecule has 0 radical (unpaired) electrons. The minimum absolute atomic E-state index is 0.0102. The summed E-state index contributed by atoms with van der Waals surface area (Å²) >= 11 is 0. The van der Waals surface area contributed by atoms with Crippen molar-refractivity contribution in [2.24, 2.45) is 0 Å². The van der Waals surface area contributed by atoms with Gasteiger partial charge in [-0.2, -0.15) is 0 Å². The van der Waals surface area contributed by atoms with Crippen LogP contribution < -0.4 is 5.32 Å². The van der Waals surface area contributed by atoms with Gasteiger partial charge in [-0.15, -0.1) is 0 Å². The Bertz CT molecular complexity index is 1120. The molecule has 4 nitrogen and oxygen atoms in total. The first kappa shape index (κ1) is 28.2. The minimum atomic E-state index is -0.590. The van der Waals surface area contributed by atoms with Crippen LogP contribution in [0.15, 0.2) is 84.9 Å². The van der Waals surface area contributed by atoms with Crippen LogP contribution >= 0.6 is 0 Å². The van der Waals surface area contributed by atoms with Crippen molar-refractivity contribution in [2.75, 3.05) is 0 Å². The fourth-order valence-electron chi connectivity index (χ4n) is 4.34. The molecule has 0 saturated carbocycles. The Morgan fingerprint density at radius 1 is 0.811 bits per heavy atom. The van der Waals surface area contributed by atoms with E-state index in [0.29, 0.717) is 25.8 Å². The molecule has 37 heavy (non-hydrogen) atoms. The van der Waals surface area contributed by atoms with E-state index < -0.39 is 6.04 Å². The SMILES string of the molecule is CC[C@@H](C)NC(=O)[C@@H](Cc1ccccc1)N(Cc1ccccc1)C(=O)CCc1ccc(C(C)(C)C)cc1. The first-order valence-electron chi connectivity index (χ1n) is 13.4. The van der Waals surface area contributed by atoms with Crippen LogP contribution in [0.5, 0.6) is 0 Å². The highest BCUT2D eigenvalue weighted by molar-refractivity contribution is 5.88. The number of benzene rings is 3. The lowest BCUT2D eigenvalue weighted by atomic mass is 9.86. The maximum Gasteiger partial charge on any atom is 0.243 e. The first-order valence-corrected chi connectivity index (χ1v) is 13.4. The number of aryl methyl sites for hydroxylation is 1. The van der Waals surface area contributed by atoms with E-state index in [1.54, 1.807) is 4.90 Å². The van der Waals surface area contributed by atoms with Gasteiger partial charge in [0.25, 0.3) is 0 Å². The van der Waals surface area contributed by atoms with Crippen LogP contribution in [0.2, 0.25) is 0 Å². The standard InChI is InChI=1S/C33H42N2O2/c1-6-25(2)34-32(37)30(23-27-13-9-7-10-14-27)35(24-28-15-11-8-12-16-28)31(36)22-19-26-17-20-29(21-18-26)33(3,4)5/h7-18,20-21,25,30H,6,19,22-24H2,1-5H3,(H,34,37)/t25-,30-/m1/s1. The van der Waals surface area contributed by atoms with E-state index in [2.05, 4.69) is 57.3 Å². The van der Waals surface area contributed by atoms with Gasteiger partial charge in [-0.05, 0) is 47.4 Å². The summed E-state index contributed by atoms with van der Waals surface area (Å²) in [6.07, 6.45) is 2.30. The normalized spacial score (nSPS) is 13.0. The molecule has 0 spiro atoms. The van der Waals surface area contributed by atoms with Crippen molar-refractivity contribution in [1.82, 2.24) is 10.2 Å². The summed E-state index contributed by atoms with van der Waals surface area (Å²) in [5, 5.41) is 3.13. The molecule has 0 aromatic heterocycles. The highest BCUT2D eigenvalue weighted by Gasteiger charge is 2.30. The maximum absolute atomic E-state index is 13.8. The zero-order valence-corrected chi connectivity index (χ0v) is 23.0. The van der Waals surface area contributed by atoms with E-state index in [1.807, 2.05) is 67.6 Å². The van der Waals surface area contributed by atoms with Crippen molar-refractivity contribution in [3.05, 3.63) is 107 Å². The lowest BCUT2D eigenvalue weighted by molar-refractivity contribution is -0.141.